The van der Waals surface area contributed by atoms with Gasteiger partial charge in [-0.2, -0.15) is 0 Å². The van der Waals surface area contributed by atoms with Crippen LogP contribution in [0.1, 0.15) is 48.7 Å². The van der Waals surface area contributed by atoms with Gasteiger partial charge in [0.2, 0.25) is 0 Å². The zero-order chi connectivity index (χ0) is 25.3. The molecule has 35 heavy (non-hydrogen) atoms. The van der Waals surface area contributed by atoms with E-state index in [2.05, 4.69) is 0 Å². The number of aromatic nitrogens is 2. The van der Waals surface area contributed by atoms with Gasteiger partial charge < -0.3 is 4.90 Å². The van der Waals surface area contributed by atoms with E-state index in [0.29, 0.717) is 23.5 Å². The van der Waals surface area contributed by atoms with Gasteiger partial charge in [0.15, 0.2) is 0 Å². The SMILES string of the molecule is CCN(C(=O)c1cccc(S(=O)(=O)N(C)c2c(C)n(C)n(-c3ccccc3)c2=O)c1)C1CCCC1. The van der Waals surface area contributed by atoms with E-state index in [1.54, 1.807) is 42.9 Å². The summed E-state index contributed by atoms with van der Waals surface area (Å²) in [5, 5.41) is 0. The fourth-order valence-electron chi connectivity index (χ4n) is 4.93. The second-order valence-corrected chi connectivity index (χ2v) is 10.9. The van der Waals surface area contributed by atoms with E-state index in [1.807, 2.05) is 30.0 Å². The summed E-state index contributed by atoms with van der Waals surface area (Å²) in [6.07, 6.45) is 4.15. The molecule has 0 atom stereocenters. The predicted molar refractivity (Wildman–Crippen MR) is 137 cm³/mol. The van der Waals surface area contributed by atoms with Crippen molar-refractivity contribution in [1.82, 2.24) is 14.3 Å². The van der Waals surface area contributed by atoms with Crippen molar-refractivity contribution in [3.63, 3.8) is 0 Å². The van der Waals surface area contributed by atoms with Crippen LogP contribution in [0.2, 0.25) is 0 Å². The van der Waals surface area contributed by atoms with Crippen LogP contribution >= 0.6 is 0 Å². The molecule has 3 aromatic rings. The van der Waals surface area contributed by atoms with E-state index in [-0.39, 0.29) is 22.5 Å². The van der Waals surface area contributed by atoms with Crippen LogP contribution in [0.3, 0.4) is 0 Å². The molecular formula is C26H32N4O4S. The third-order valence-electron chi connectivity index (χ3n) is 6.95. The highest BCUT2D eigenvalue weighted by Gasteiger charge is 2.30. The Morgan fingerprint density at radius 3 is 2.34 bits per heavy atom. The Bertz CT molecular complexity index is 1390. The molecule has 0 unspecified atom stereocenters. The summed E-state index contributed by atoms with van der Waals surface area (Å²) in [5.41, 5.74) is 1.11. The maximum absolute atomic E-state index is 13.6. The van der Waals surface area contributed by atoms with Gasteiger partial charge in [-0.15, -0.1) is 0 Å². The van der Waals surface area contributed by atoms with Gasteiger partial charge in [-0.1, -0.05) is 37.1 Å². The Hall–Kier alpha value is -3.33. The Morgan fingerprint density at radius 1 is 1.06 bits per heavy atom. The fraction of sp³-hybridized carbons (Fsp3) is 0.385. The standard InChI is InChI=1S/C26H32N4O4S/c1-5-29(21-13-9-10-14-21)25(31)20-12-11-17-23(18-20)35(33,34)28(4)24-19(2)27(3)30(26(24)32)22-15-7-6-8-16-22/h6-8,11-12,15-18,21H,5,9-10,13-14H2,1-4H3. The minimum absolute atomic E-state index is 0.0257. The van der Waals surface area contributed by atoms with Crippen LogP contribution in [-0.4, -0.2) is 48.2 Å². The first kappa shape index (κ1) is 24.8. The largest absolute Gasteiger partial charge is 0.336 e. The number of rotatable bonds is 7. The zero-order valence-corrected chi connectivity index (χ0v) is 21.5. The third kappa shape index (κ3) is 4.40. The Labute approximate surface area is 206 Å². The van der Waals surface area contributed by atoms with E-state index in [0.717, 1.165) is 30.0 Å². The minimum atomic E-state index is -4.09. The molecule has 1 aliphatic rings. The molecule has 1 amide bonds. The Balaban J connectivity index is 1.71. The summed E-state index contributed by atoms with van der Waals surface area (Å²) in [6.45, 7) is 4.23. The van der Waals surface area contributed by atoms with Crippen LogP contribution < -0.4 is 9.86 Å². The maximum Gasteiger partial charge on any atom is 0.296 e. The van der Waals surface area contributed by atoms with Crippen molar-refractivity contribution in [2.45, 2.75) is 50.5 Å². The van der Waals surface area contributed by atoms with Crippen LogP contribution in [0.5, 0.6) is 0 Å². The molecule has 1 fully saturated rings. The zero-order valence-electron chi connectivity index (χ0n) is 20.6. The first-order valence-electron chi connectivity index (χ1n) is 11.9. The molecule has 186 valence electrons. The number of amides is 1. The van der Waals surface area contributed by atoms with Gasteiger partial charge >= 0.3 is 0 Å². The maximum atomic E-state index is 13.6. The van der Waals surface area contributed by atoms with Crippen LogP contribution in [0, 0.1) is 6.92 Å². The third-order valence-corrected chi connectivity index (χ3v) is 8.70. The average Bonchev–Trinajstić information content (AvgIpc) is 3.46. The highest BCUT2D eigenvalue weighted by atomic mass is 32.2. The topological polar surface area (TPSA) is 84.6 Å². The van der Waals surface area contributed by atoms with E-state index in [4.69, 9.17) is 0 Å². The summed E-state index contributed by atoms with van der Waals surface area (Å²) < 4.78 is 31.3. The van der Waals surface area contributed by atoms with Crippen LogP contribution in [0.15, 0.2) is 64.3 Å². The first-order valence-corrected chi connectivity index (χ1v) is 13.4. The molecule has 1 aromatic heterocycles. The lowest BCUT2D eigenvalue weighted by Crippen LogP contribution is -2.38. The number of nitrogens with zero attached hydrogens (tertiary/aromatic N) is 4. The molecule has 1 aliphatic carbocycles. The number of hydrogen-bond donors (Lipinski definition) is 0. The van der Waals surface area contributed by atoms with E-state index < -0.39 is 15.6 Å². The fourth-order valence-corrected chi connectivity index (χ4v) is 6.23. The van der Waals surface area contributed by atoms with Crippen molar-refractivity contribution in [3.05, 3.63) is 76.2 Å². The summed E-state index contributed by atoms with van der Waals surface area (Å²) in [6, 6.07) is 15.4. The monoisotopic (exact) mass is 496 g/mol. The Morgan fingerprint density at radius 2 is 1.71 bits per heavy atom. The number of carbonyl (C=O) groups excluding carboxylic acids is 1. The normalized spacial score (nSPS) is 14.3. The number of para-hydroxylation sites is 1. The number of carbonyl (C=O) groups is 1. The van der Waals surface area contributed by atoms with Crippen molar-refractivity contribution in [2.24, 2.45) is 7.05 Å². The molecule has 8 nitrogen and oxygen atoms in total. The lowest BCUT2D eigenvalue weighted by atomic mass is 10.1. The highest BCUT2D eigenvalue weighted by Crippen LogP contribution is 2.27. The average molecular weight is 497 g/mol. The van der Waals surface area contributed by atoms with Crippen LogP contribution in [-0.2, 0) is 17.1 Å². The molecule has 1 saturated carbocycles. The smallest absolute Gasteiger partial charge is 0.296 e. The van der Waals surface area contributed by atoms with Gasteiger partial charge in [0.1, 0.15) is 5.69 Å². The number of benzene rings is 2. The molecule has 9 heteroatoms. The molecule has 0 radical (unpaired) electrons. The Kier molecular flexibility index (Phi) is 6.89. The van der Waals surface area contributed by atoms with E-state index >= 15 is 0 Å². The van der Waals surface area contributed by atoms with E-state index in [1.165, 1.54) is 23.9 Å². The number of sulfonamides is 1. The molecule has 0 aliphatic heterocycles. The summed E-state index contributed by atoms with van der Waals surface area (Å²) >= 11 is 0. The second kappa shape index (κ2) is 9.73. The van der Waals surface area contributed by atoms with Gasteiger partial charge in [-0.05, 0) is 57.0 Å². The number of hydrogen-bond acceptors (Lipinski definition) is 4. The molecule has 0 bridgehead atoms. The summed E-state index contributed by atoms with van der Waals surface area (Å²) in [4.78, 5) is 28.4. The molecule has 4 rings (SSSR count). The van der Waals surface area contributed by atoms with Crippen molar-refractivity contribution >= 4 is 21.6 Å². The molecular weight excluding hydrogens is 464 g/mol. The van der Waals surface area contributed by atoms with Gasteiger partial charge in [-0.3, -0.25) is 18.6 Å². The molecule has 0 saturated heterocycles. The van der Waals surface area contributed by atoms with E-state index in [9.17, 15) is 18.0 Å². The summed E-state index contributed by atoms with van der Waals surface area (Å²) in [5.74, 6) is -0.165. The quantitative estimate of drug-likeness (QED) is 0.499. The van der Waals surface area contributed by atoms with Gasteiger partial charge in [-0.25, -0.2) is 13.1 Å². The van der Waals surface area contributed by atoms with Crippen molar-refractivity contribution in [1.29, 1.82) is 0 Å². The van der Waals surface area contributed by atoms with Gasteiger partial charge in [0.25, 0.3) is 21.5 Å². The predicted octanol–water partition coefficient (Wildman–Crippen LogP) is 3.71. The number of anilines is 1. The second-order valence-electron chi connectivity index (χ2n) is 8.94. The highest BCUT2D eigenvalue weighted by molar-refractivity contribution is 7.92. The molecule has 0 N–H and O–H groups in total. The van der Waals surface area contributed by atoms with Crippen molar-refractivity contribution < 1.29 is 13.2 Å². The van der Waals surface area contributed by atoms with Crippen LogP contribution in [0.4, 0.5) is 5.69 Å². The van der Waals surface area contributed by atoms with Crippen LogP contribution in [0.25, 0.3) is 5.69 Å². The van der Waals surface area contributed by atoms with Gasteiger partial charge in [0, 0.05) is 32.2 Å². The van der Waals surface area contributed by atoms with Crippen molar-refractivity contribution in [3.8, 4) is 5.69 Å². The van der Waals surface area contributed by atoms with Gasteiger partial charge in [0.05, 0.1) is 16.3 Å². The lowest BCUT2D eigenvalue weighted by molar-refractivity contribution is 0.0693. The summed E-state index contributed by atoms with van der Waals surface area (Å²) in [7, 11) is -1.00. The van der Waals surface area contributed by atoms with Crippen molar-refractivity contribution in [2.75, 3.05) is 17.9 Å². The molecule has 0 spiro atoms. The molecule has 2 aromatic carbocycles. The first-order chi connectivity index (χ1) is 16.7. The lowest BCUT2D eigenvalue weighted by Gasteiger charge is -2.28. The molecule has 1 heterocycles. The minimum Gasteiger partial charge on any atom is -0.336 e.